The molecule has 0 saturated heterocycles. The Morgan fingerprint density at radius 2 is 1.94 bits per heavy atom. The molecule has 0 amide bonds. The summed E-state index contributed by atoms with van der Waals surface area (Å²) >= 11 is 5.74. The van der Waals surface area contributed by atoms with Gasteiger partial charge < -0.3 is 10.5 Å². The van der Waals surface area contributed by atoms with E-state index in [9.17, 15) is 0 Å². The number of ether oxygens (including phenoxy) is 1. The van der Waals surface area contributed by atoms with Gasteiger partial charge in [-0.25, -0.2) is 0 Å². The Hall–Kier alpha value is -0.750. The molecule has 0 aliphatic heterocycles. The second-order valence-corrected chi connectivity index (χ2v) is 5.59. The molecular formula is C13H11BrINO. The lowest BCUT2D eigenvalue weighted by atomic mass is 10.2. The number of hydrogen-bond acceptors (Lipinski definition) is 2. The van der Waals surface area contributed by atoms with Crippen LogP contribution in [0.1, 0.15) is 5.56 Å². The molecule has 0 atom stereocenters. The van der Waals surface area contributed by atoms with Crippen molar-refractivity contribution >= 4 is 44.2 Å². The number of benzene rings is 2. The zero-order valence-corrected chi connectivity index (χ0v) is 12.7. The summed E-state index contributed by atoms with van der Waals surface area (Å²) in [5.41, 5.74) is 7.51. The van der Waals surface area contributed by atoms with Crippen molar-refractivity contribution in [2.75, 3.05) is 5.73 Å². The summed E-state index contributed by atoms with van der Waals surface area (Å²) in [5.74, 6) is 0.900. The lowest BCUT2D eigenvalue weighted by Crippen LogP contribution is -1.98. The number of nitrogens with two attached hydrogens (primary N) is 1. The number of anilines is 1. The summed E-state index contributed by atoms with van der Waals surface area (Å²) < 4.78 is 7.85. The monoisotopic (exact) mass is 403 g/mol. The van der Waals surface area contributed by atoms with Crippen LogP contribution in [0.3, 0.4) is 0 Å². The Morgan fingerprint density at radius 1 is 1.18 bits per heavy atom. The van der Waals surface area contributed by atoms with Gasteiger partial charge in [-0.15, -0.1) is 0 Å². The van der Waals surface area contributed by atoms with Crippen LogP contribution in [0.15, 0.2) is 46.9 Å². The summed E-state index contributed by atoms with van der Waals surface area (Å²) in [6.07, 6.45) is 0. The van der Waals surface area contributed by atoms with Gasteiger partial charge >= 0.3 is 0 Å². The van der Waals surface area contributed by atoms with Crippen LogP contribution in [0.2, 0.25) is 0 Å². The smallest absolute Gasteiger partial charge is 0.133 e. The highest BCUT2D eigenvalue weighted by molar-refractivity contribution is 14.1. The molecule has 88 valence electrons. The van der Waals surface area contributed by atoms with Crippen molar-refractivity contribution < 1.29 is 4.74 Å². The van der Waals surface area contributed by atoms with Gasteiger partial charge in [-0.1, -0.05) is 34.1 Å². The molecule has 2 rings (SSSR count). The minimum atomic E-state index is 0.529. The molecule has 0 fully saturated rings. The van der Waals surface area contributed by atoms with Crippen LogP contribution < -0.4 is 10.5 Å². The maximum Gasteiger partial charge on any atom is 0.133 e. The van der Waals surface area contributed by atoms with Gasteiger partial charge in [0.05, 0.1) is 3.57 Å². The summed E-state index contributed by atoms with van der Waals surface area (Å²) in [6.45, 7) is 0.529. The van der Waals surface area contributed by atoms with Gasteiger partial charge in [0.15, 0.2) is 0 Å². The van der Waals surface area contributed by atoms with Crippen molar-refractivity contribution in [2.24, 2.45) is 0 Å². The first-order valence-electron chi connectivity index (χ1n) is 5.08. The van der Waals surface area contributed by atoms with E-state index >= 15 is 0 Å². The molecule has 2 aromatic carbocycles. The molecule has 0 spiro atoms. The van der Waals surface area contributed by atoms with Gasteiger partial charge in [0, 0.05) is 15.7 Å². The van der Waals surface area contributed by atoms with E-state index in [0.29, 0.717) is 6.61 Å². The summed E-state index contributed by atoms with van der Waals surface area (Å²) in [6, 6.07) is 13.7. The predicted octanol–water partition coefficient (Wildman–Crippen LogP) is 4.21. The molecule has 2 N–H and O–H groups in total. The third-order valence-electron chi connectivity index (χ3n) is 2.30. The highest BCUT2D eigenvalue weighted by atomic mass is 127. The number of hydrogen-bond donors (Lipinski definition) is 1. The third kappa shape index (κ3) is 3.35. The molecule has 0 heterocycles. The van der Waals surface area contributed by atoms with Crippen LogP contribution in [-0.2, 0) is 6.61 Å². The maximum atomic E-state index is 5.77. The summed E-state index contributed by atoms with van der Waals surface area (Å²) in [5, 5.41) is 0. The molecule has 4 heteroatoms. The SMILES string of the molecule is Nc1ccc(COc2ccccc2I)c(Br)c1. The summed E-state index contributed by atoms with van der Waals surface area (Å²) in [7, 11) is 0. The normalized spacial score (nSPS) is 10.2. The van der Waals surface area contributed by atoms with E-state index < -0.39 is 0 Å². The van der Waals surface area contributed by atoms with Gasteiger partial charge in [0.25, 0.3) is 0 Å². The Kier molecular flexibility index (Phi) is 4.28. The molecule has 2 nitrogen and oxygen atoms in total. The highest BCUT2D eigenvalue weighted by Gasteiger charge is 2.03. The van der Waals surface area contributed by atoms with E-state index in [4.69, 9.17) is 10.5 Å². The molecule has 0 unspecified atom stereocenters. The minimum absolute atomic E-state index is 0.529. The first kappa shape index (κ1) is 12.7. The average molecular weight is 404 g/mol. The van der Waals surface area contributed by atoms with E-state index in [1.807, 2.05) is 42.5 Å². The first-order valence-corrected chi connectivity index (χ1v) is 6.95. The molecule has 2 aromatic rings. The highest BCUT2D eigenvalue weighted by Crippen LogP contribution is 2.24. The number of para-hydroxylation sites is 1. The number of nitrogen functional groups attached to an aromatic ring is 1. The molecule has 0 aliphatic rings. The van der Waals surface area contributed by atoms with Crippen molar-refractivity contribution in [1.82, 2.24) is 0 Å². The largest absolute Gasteiger partial charge is 0.488 e. The molecule has 0 aliphatic carbocycles. The lowest BCUT2D eigenvalue weighted by Gasteiger charge is -2.09. The van der Waals surface area contributed by atoms with Gasteiger partial charge in [-0.2, -0.15) is 0 Å². The third-order valence-corrected chi connectivity index (χ3v) is 3.93. The number of halogens is 2. The Morgan fingerprint density at radius 3 is 2.65 bits per heavy atom. The Labute approximate surface area is 122 Å². The van der Waals surface area contributed by atoms with Crippen molar-refractivity contribution in [1.29, 1.82) is 0 Å². The van der Waals surface area contributed by atoms with Crippen molar-refractivity contribution in [3.8, 4) is 5.75 Å². The van der Waals surface area contributed by atoms with Crippen molar-refractivity contribution in [2.45, 2.75) is 6.61 Å². The quantitative estimate of drug-likeness (QED) is 0.615. The topological polar surface area (TPSA) is 35.2 Å². The van der Waals surface area contributed by atoms with E-state index in [1.165, 1.54) is 0 Å². The van der Waals surface area contributed by atoms with Crippen LogP contribution in [-0.4, -0.2) is 0 Å². The Balaban J connectivity index is 2.10. The standard InChI is InChI=1S/C13H11BrINO/c14-11-7-10(16)6-5-9(11)8-17-13-4-2-1-3-12(13)15/h1-7H,8,16H2. The maximum absolute atomic E-state index is 5.77. The number of rotatable bonds is 3. The fourth-order valence-corrected chi connectivity index (χ4v) is 2.45. The lowest BCUT2D eigenvalue weighted by molar-refractivity contribution is 0.303. The minimum Gasteiger partial charge on any atom is -0.488 e. The average Bonchev–Trinajstić information content (AvgIpc) is 2.30. The molecular weight excluding hydrogens is 393 g/mol. The molecule has 0 radical (unpaired) electrons. The predicted molar refractivity (Wildman–Crippen MR) is 82.0 cm³/mol. The molecule has 17 heavy (non-hydrogen) atoms. The zero-order valence-electron chi connectivity index (χ0n) is 8.99. The van der Waals surface area contributed by atoms with Crippen molar-refractivity contribution in [3.05, 3.63) is 56.1 Å². The fourth-order valence-electron chi connectivity index (χ4n) is 1.40. The van der Waals surface area contributed by atoms with Crippen LogP contribution >= 0.6 is 38.5 Å². The second kappa shape index (κ2) is 5.73. The Bertz CT molecular complexity index is 531. The van der Waals surface area contributed by atoms with Gasteiger partial charge in [-0.05, 0) is 46.9 Å². The van der Waals surface area contributed by atoms with E-state index in [1.54, 1.807) is 0 Å². The van der Waals surface area contributed by atoms with Gasteiger partial charge in [-0.3, -0.25) is 0 Å². The van der Waals surface area contributed by atoms with E-state index in [2.05, 4.69) is 38.5 Å². The first-order chi connectivity index (χ1) is 8.16. The van der Waals surface area contributed by atoms with E-state index in [0.717, 1.165) is 25.0 Å². The van der Waals surface area contributed by atoms with Gasteiger partial charge in [0.1, 0.15) is 12.4 Å². The van der Waals surface area contributed by atoms with Crippen molar-refractivity contribution in [3.63, 3.8) is 0 Å². The van der Waals surface area contributed by atoms with Crippen LogP contribution in [0.4, 0.5) is 5.69 Å². The summed E-state index contributed by atoms with van der Waals surface area (Å²) in [4.78, 5) is 0. The fraction of sp³-hybridized carbons (Fsp3) is 0.0769. The molecule has 0 aromatic heterocycles. The second-order valence-electron chi connectivity index (χ2n) is 3.57. The van der Waals surface area contributed by atoms with Crippen LogP contribution in [0, 0.1) is 3.57 Å². The van der Waals surface area contributed by atoms with Gasteiger partial charge in [0.2, 0.25) is 0 Å². The van der Waals surface area contributed by atoms with E-state index in [-0.39, 0.29) is 0 Å². The molecule has 0 bridgehead atoms. The molecule has 0 saturated carbocycles. The van der Waals surface area contributed by atoms with Crippen LogP contribution in [0.5, 0.6) is 5.75 Å². The van der Waals surface area contributed by atoms with Crippen LogP contribution in [0.25, 0.3) is 0 Å². The zero-order chi connectivity index (χ0) is 12.3.